The summed E-state index contributed by atoms with van der Waals surface area (Å²) in [6.45, 7) is 0. The maximum Gasteiger partial charge on any atom is 0.337 e. The minimum atomic E-state index is -0.611. The zero-order valence-electron chi connectivity index (χ0n) is 8.86. The molecule has 0 saturated heterocycles. The number of nitrogens with zero attached hydrogens (tertiary/aromatic N) is 1. The van der Waals surface area contributed by atoms with Gasteiger partial charge in [-0.05, 0) is 24.5 Å². The van der Waals surface area contributed by atoms with Gasteiger partial charge < -0.3 is 10.5 Å². The number of esters is 1. The predicted octanol–water partition coefficient (Wildman–Crippen LogP) is 1.92. The Bertz CT molecular complexity index is 435. The van der Waals surface area contributed by atoms with Gasteiger partial charge in [0.05, 0.1) is 12.7 Å². The fraction of sp³-hybridized carbons (Fsp3) is 0.200. The number of nitrogens with two attached hydrogens (primary N) is 1. The lowest BCUT2D eigenvalue weighted by molar-refractivity contribution is 0.0600. The van der Waals surface area contributed by atoms with E-state index in [0.29, 0.717) is 0 Å². The summed E-state index contributed by atoms with van der Waals surface area (Å²) < 4.78 is 17.9. The third kappa shape index (κ3) is 2.96. The lowest BCUT2D eigenvalue weighted by atomic mass is 10.2. The van der Waals surface area contributed by atoms with Gasteiger partial charge in [-0.1, -0.05) is 11.8 Å². The molecule has 0 bridgehead atoms. The Hall–Kier alpha value is -1.56. The van der Waals surface area contributed by atoms with Crippen molar-refractivity contribution in [2.75, 3.05) is 13.4 Å². The monoisotopic (exact) mass is 242 g/mol. The van der Waals surface area contributed by atoms with Gasteiger partial charge in [0.2, 0.25) is 0 Å². The number of hydrogen-bond acceptors (Lipinski definition) is 4. The Morgan fingerprint density at radius 1 is 1.56 bits per heavy atom. The largest absolute Gasteiger partial charge is 0.465 e. The standard InChI is InChI=1S/C10H11FN2O2S/c1-15-9(14)6-3-4-8(7(11)5-6)13-10(12)16-2/h3-5H,1-2H3,(H2,12,13). The van der Waals surface area contributed by atoms with Crippen LogP contribution in [0, 0.1) is 5.82 Å². The molecule has 6 heteroatoms. The number of halogens is 1. The van der Waals surface area contributed by atoms with Crippen molar-refractivity contribution in [3.05, 3.63) is 29.6 Å². The predicted molar refractivity (Wildman–Crippen MR) is 62.5 cm³/mol. The van der Waals surface area contributed by atoms with Crippen LogP contribution in [0.4, 0.5) is 10.1 Å². The SMILES string of the molecule is COC(=O)c1ccc(/N=C(/N)SC)c(F)c1. The van der Waals surface area contributed by atoms with E-state index >= 15 is 0 Å². The molecular weight excluding hydrogens is 231 g/mol. The Balaban J connectivity index is 3.05. The summed E-state index contributed by atoms with van der Waals surface area (Å²) in [6.07, 6.45) is 1.74. The van der Waals surface area contributed by atoms with E-state index in [2.05, 4.69) is 9.73 Å². The van der Waals surface area contributed by atoms with Crippen molar-refractivity contribution in [1.29, 1.82) is 0 Å². The number of methoxy groups -OCH3 is 1. The summed E-state index contributed by atoms with van der Waals surface area (Å²) in [5.41, 5.74) is 5.69. The summed E-state index contributed by atoms with van der Waals surface area (Å²) in [7, 11) is 1.23. The van der Waals surface area contributed by atoms with E-state index in [0.717, 1.165) is 6.07 Å². The van der Waals surface area contributed by atoms with Crippen molar-refractivity contribution in [1.82, 2.24) is 0 Å². The van der Waals surface area contributed by atoms with Crippen LogP contribution < -0.4 is 5.73 Å². The van der Waals surface area contributed by atoms with Crippen molar-refractivity contribution >= 4 is 28.6 Å². The fourth-order valence-electron chi connectivity index (χ4n) is 1.01. The quantitative estimate of drug-likeness (QED) is 0.489. The average molecular weight is 242 g/mol. The number of aliphatic imine (C=N–C) groups is 1. The fourth-order valence-corrected chi connectivity index (χ4v) is 1.20. The van der Waals surface area contributed by atoms with Gasteiger partial charge in [-0.2, -0.15) is 0 Å². The number of ether oxygens (including phenoxy) is 1. The van der Waals surface area contributed by atoms with Crippen LogP contribution in [-0.4, -0.2) is 24.5 Å². The van der Waals surface area contributed by atoms with Gasteiger partial charge in [-0.25, -0.2) is 14.2 Å². The molecule has 2 N–H and O–H groups in total. The molecule has 0 atom stereocenters. The zero-order valence-corrected chi connectivity index (χ0v) is 9.68. The van der Waals surface area contributed by atoms with Gasteiger partial charge >= 0.3 is 5.97 Å². The van der Waals surface area contributed by atoms with Crippen LogP contribution in [-0.2, 0) is 4.74 Å². The van der Waals surface area contributed by atoms with E-state index in [-0.39, 0.29) is 16.4 Å². The number of amidine groups is 1. The van der Waals surface area contributed by atoms with Crippen molar-refractivity contribution < 1.29 is 13.9 Å². The molecule has 0 aliphatic rings. The number of thioether (sulfide) groups is 1. The van der Waals surface area contributed by atoms with Crippen LogP contribution in [0.2, 0.25) is 0 Å². The first-order valence-electron chi connectivity index (χ1n) is 4.34. The normalized spacial score (nSPS) is 11.3. The Morgan fingerprint density at radius 2 is 2.25 bits per heavy atom. The Labute approximate surface area is 96.7 Å². The minimum Gasteiger partial charge on any atom is -0.465 e. The number of carbonyl (C=O) groups is 1. The second kappa shape index (κ2) is 5.50. The highest BCUT2D eigenvalue weighted by molar-refractivity contribution is 8.13. The van der Waals surface area contributed by atoms with E-state index in [1.807, 2.05) is 0 Å². The smallest absolute Gasteiger partial charge is 0.337 e. The Kier molecular flexibility index (Phi) is 4.30. The van der Waals surface area contributed by atoms with Crippen LogP contribution >= 0.6 is 11.8 Å². The van der Waals surface area contributed by atoms with Crippen molar-refractivity contribution in [3.8, 4) is 0 Å². The van der Waals surface area contributed by atoms with Crippen LogP contribution in [0.25, 0.3) is 0 Å². The molecular formula is C10H11FN2O2S. The highest BCUT2D eigenvalue weighted by Gasteiger charge is 2.09. The van der Waals surface area contributed by atoms with E-state index < -0.39 is 11.8 Å². The molecule has 0 amide bonds. The molecule has 0 saturated carbocycles. The molecule has 0 aliphatic carbocycles. The van der Waals surface area contributed by atoms with Gasteiger partial charge in [-0.3, -0.25) is 0 Å². The summed E-state index contributed by atoms with van der Waals surface area (Å²) in [5.74, 6) is -1.20. The van der Waals surface area contributed by atoms with Gasteiger partial charge in [0, 0.05) is 0 Å². The van der Waals surface area contributed by atoms with Gasteiger partial charge in [-0.15, -0.1) is 0 Å². The molecule has 0 spiro atoms. The van der Waals surface area contributed by atoms with E-state index in [1.54, 1.807) is 6.26 Å². The number of benzene rings is 1. The number of carbonyl (C=O) groups excluding carboxylic acids is 1. The third-order valence-electron chi connectivity index (χ3n) is 1.81. The lowest BCUT2D eigenvalue weighted by Crippen LogP contribution is -2.05. The molecule has 4 nitrogen and oxygen atoms in total. The van der Waals surface area contributed by atoms with E-state index in [4.69, 9.17) is 5.73 Å². The molecule has 16 heavy (non-hydrogen) atoms. The second-order valence-corrected chi connectivity index (χ2v) is 3.64. The maximum absolute atomic E-state index is 13.5. The summed E-state index contributed by atoms with van der Waals surface area (Å²) in [4.78, 5) is 14.9. The maximum atomic E-state index is 13.5. The van der Waals surface area contributed by atoms with Crippen molar-refractivity contribution in [3.63, 3.8) is 0 Å². The molecule has 0 radical (unpaired) electrons. The first-order valence-corrected chi connectivity index (χ1v) is 5.57. The van der Waals surface area contributed by atoms with E-state index in [1.165, 1.54) is 31.0 Å². The van der Waals surface area contributed by atoms with Crippen LogP contribution in [0.15, 0.2) is 23.2 Å². The molecule has 0 aromatic heterocycles. The first-order chi connectivity index (χ1) is 7.58. The average Bonchev–Trinajstić information content (AvgIpc) is 2.30. The van der Waals surface area contributed by atoms with Crippen molar-refractivity contribution in [2.24, 2.45) is 10.7 Å². The van der Waals surface area contributed by atoms with Crippen LogP contribution in [0.3, 0.4) is 0 Å². The molecule has 0 unspecified atom stereocenters. The van der Waals surface area contributed by atoms with Gasteiger partial charge in [0.1, 0.15) is 11.5 Å². The molecule has 0 fully saturated rings. The molecule has 1 aromatic carbocycles. The molecule has 0 heterocycles. The zero-order chi connectivity index (χ0) is 12.1. The van der Waals surface area contributed by atoms with Crippen molar-refractivity contribution in [2.45, 2.75) is 0 Å². The highest BCUT2D eigenvalue weighted by atomic mass is 32.2. The molecule has 1 aromatic rings. The van der Waals surface area contributed by atoms with Crippen LogP contribution in [0.1, 0.15) is 10.4 Å². The molecule has 0 aliphatic heterocycles. The summed E-state index contributed by atoms with van der Waals surface area (Å²) in [6, 6.07) is 3.88. The summed E-state index contributed by atoms with van der Waals surface area (Å²) in [5, 5.41) is 0.254. The minimum absolute atomic E-state index is 0.0968. The number of rotatable bonds is 2. The first kappa shape index (κ1) is 12.5. The Morgan fingerprint density at radius 3 is 2.75 bits per heavy atom. The van der Waals surface area contributed by atoms with E-state index in [9.17, 15) is 9.18 Å². The van der Waals surface area contributed by atoms with Gasteiger partial charge in [0.25, 0.3) is 0 Å². The highest BCUT2D eigenvalue weighted by Crippen LogP contribution is 2.20. The second-order valence-electron chi connectivity index (χ2n) is 2.81. The summed E-state index contributed by atoms with van der Waals surface area (Å²) >= 11 is 1.21. The molecule has 1 rings (SSSR count). The van der Waals surface area contributed by atoms with Crippen LogP contribution in [0.5, 0.6) is 0 Å². The third-order valence-corrected chi connectivity index (χ3v) is 2.32. The topological polar surface area (TPSA) is 64.7 Å². The molecule has 86 valence electrons. The van der Waals surface area contributed by atoms with Gasteiger partial charge in [0.15, 0.2) is 5.17 Å². The number of hydrogen-bond donors (Lipinski definition) is 1. The lowest BCUT2D eigenvalue weighted by Gasteiger charge is -2.02.